The summed E-state index contributed by atoms with van der Waals surface area (Å²) in [5.41, 5.74) is 0.553. The van der Waals surface area contributed by atoms with Crippen molar-refractivity contribution in [2.24, 2.45) is 0 Å². The molecule has 3 heterocycles. The number of hydrogen-bond donors (Lipinski definition) is 1. The number of ether oxygens (including phenoxy) is 1. The molecule has 1 amide bonds. The van der Waals surface area contributed by atoms with E-state index >= 15 is 0 Å². The van der Waals surface area contributed by atoms with Gasteiger partial charge in [-0.1, -0.05) is 0 Å². The average molecular weight is 308 g/mol. The SMILES string of the molecule is O=C(c1ccc(OC2CCSC2)nc1)N1CCCC(O)C1. The first-order valence-corrected chi connectivity index (χ1v) is 8.55. The predicted octanol–water partition coefficient (Wildman–Crippen LogP) is 1.56. The summed E-state index contributed by atoms with van der Waals surface area (Å²) in [4.78, 5) is 18.3. The van der Waals surface area contributed by atoms with Gasteiger partial charge in [0.1, 0.15) is 6.10 Å². The Balaban J connectivity index is 1.61. The number of aliphatic hydroxyl groups excluding tert-OH is 1. The zero-order chi connectivity index (χ0) is 14.7. The summed E-state index contributed by atoms with van der Waals surface area (Å²) in [6.45, 7) is 1.11. The molecule has 0 aromatic carbocycles. The number of amides is 1. The van der Waals surface area contributed by atoms with Crippen molar-refractivity contribution in [3.8, 4) is 5.88 Å². The van der Waals surface area contributed by atoms with E-state index < -0.39 is 6.10 Å². The summed E-state index contributed by atoms with van der Waals surface area (Å²) in [6.07, 6.45) is 4.08. The number of piperidine rings is 1. The van der Waals surface area contributed by atoms with E-state index in [9.17, 15) is 9.90 Å². The lowest BCUT2D eigenvalue weighted by molar-refractivity contribution is 0.0473. The van der Waals surface area contributed by atoms with Gasteiger partial charge in [0.05, 0.1) is 11.7 Å². The fourth-order valence-corrected chi connectivity index (χ4v) is 3.77. The van der Waals surface area contributed by atoms with Crippen molar-refractivity contribution >= 4 is 17.7 Å². The van der Waals surface area contributed by atoms with Gasteiger partial charge < -0.3 is 14.7 Å². The third kappa shape index (κ3) is 3.68. The van der Waals surface area contributed by atoms with Crippen LogP contribution in [-0.2, 0) is 0 Å². The van der Waals surface area contributed by atoms with E-state index in [2.05, 4.69) is 4.98 Å². The predicted molar refractivity (Wildman–Crippen MR) is 81.7 cm³/mol. The Hall–Kier alpha value is -1.27. The minimum atomic E-state index is -0.405. The molecule has 2 saturated heterocycles. The Morgan fingerprint density at radius 1 is 1.43 bits per heavy atom. The van der Waals surface area contributed by atoms with Crippen LogP contribution in [0, 0.1) is 0 Å². The topological polar surface area (TPSA) is 62.7 Å². The van der Waals surface area contributed by atoms with Crippen LogP contribution >= 0.6 is 11.8 Å². The molecule has 6 heteroatoms. The van der Waals surface area contributed by atoms with Gasteiger partial charge in [-0.3, -0.25) is 4.79 Å². The van der Waals surface area contributed by atoms with Gasteiger partial charge in [0.25, 0.3) is 5.91 Å². The van der Waals surface area contributed by atoms with Gasteiger partial charge >= 0.3 is 0 Å². The maximum atomic E-state index is 12.3. The molecule has 1 aromatic rings. The Morgan fingerprint density at radius 3 is 3.00 bits per heavy atom. The third-order valence-corrected chi connectivity index (χ3v) is 4.97. The van der Waals surface area contributed by atoms with E-state index in [4.69, 9.17) is 4.74 Å². The number of aliphatic hydroxyl groups is 1. The molecule has 0 bridgehead atoms. The van der Waals surface area contributed by atoms with Crippen LogP contribution in [0.2, 0.25) is 0 Å². The number of β-amino-alcohol motifs (C(OH)–C–C–N with tert-alkyl or cyclic N) is 1. The first-order chi connectivity index (χ1) is 10.2. The molecular formula is C15H20N2O3S. The number of rotatable bonds is 3. The van der Waals surface area contributed by atoms with Crippen LogP contribution in [0.5, 0.6) is 5.88 Å². The molecule has 3 rings (SSSR count). The standard InChI is InChI=1S/C15H20N2O3S/c18-12-2-1-6-17(9-12)15(19)11-3-4-14(16-8-11)20-13-5-7-21-10-13/h3-4,8,12-13,18H,1-2,5-7,9-10H2. The highest BCUT2D eigenvalue weighted by molar-refractivity contribution is 7.99. The van der Waals surface area contributed by atoms with E-state index in [1.54, 1.807) is 23.2 Å². The van der Waals surface area contributed by atoms with Crippen LogP contribution in [0.4, 0.5) is 0 Å². The molecule has 0 radical (unpaired) electrons. The fourth-order valence-electron chi connectivity index (χ4n) is 2.67. The van der Waals surface area contributed by atoms with Crippen molar-refractivity contribution in [3.63, 3.8) is 0 Å². The summed E-state index contributed by atoms with van der Waals surface area (Å²) in [5, 5.41) is 9.65. The molecule has 0 aliphatic carbocycles. The second-order valence-corrected chi connectivity index (χ2v) is 6.69. The lowest BCUT2D eigenvalue weighted by Crippen LogP contribution is -2.42. The third-order valence-electron chi connectivity index (χ3n) is 3.84. The van der Waals surface area contributed by atoms with Crippen molar-refractivity contribution in [2.75, 3.05) is 24.6 Å². The second kappa shape index (κ2) is 6.66. The summed E-state index contributed by atoms with van der Waals surface area (Å²) < 4.78 is 5.78. The summed E-state index contributed by atoms with van der Waals surface area (Å²) in [7, 11) is 0. The number of carbonyl (C=O) groups excluding carboxylic acids is 1. The van der Waals surface area contributed by atoms with E-state index in [0.29, 0.717) is 24.5 Å². The number of hydrogen-bond acceptors (Lipinski definition) is 5. The molecule has 0 saturated carbocycles. The summed E-state index contributed by atoms with van der Waals surface area (Å²) >= 11 is 1.89. The van der Waals surface area contributed by atoms with Crippen LogP contribution in [0.1, 0.15) is 29.6 Å². The van der Waals surface area contributed by atoms with Crippen molar-refractivity contribution in [1.29, 1.82) is 0 Å². The highest BCUT2D eigenvalue weighted by Crippen LogP contribution is 2.22. The largest absolute Gasteiger partial charge is 0.473 e. The molecular weight excluding hydrogens is 288 g/mol. The van der Waals surface area contributed by atoms with Gasteiger partial charge in [-0.25, -0.2) is 4.98 Å². The quantitative estimate of drug-likeness (QED) is 0.918. The summed E-state index contributed by atoms with van der Waals surface area (Å²) in [6, 6.07) is 3.52. The lowest BCUT2D eigenvalue weighted by Gasteiger charge is -2.30. The molecule has 2 unspecified atom stereocenters. The molecule has 114 valence electrons. The zero-order valence-electron chi connectivity index (χ0n) is 11.9. The molecule has 21 heavy (non-hydrogen) atoms. The number of carbonyl (C=O) groups is 1. The van der Waals surface area contributed by atoms with Crippen molar-refractivity contribution in [3.05, 3.63) is 23.9 Å². The molecule has 1 N–H and O–H groups in total. The van der Waals surface area contributed by atoms with Crippen molar-refractivity contribution in [2.45, 2.75) is 31.5 Å². The Labute approximate surface area is 128 Å². The number of nitrogens with zero attached hydrogens (tertiary/aromatic N) is 2. The van der Waals surface area contributed by atoms with Crippen LogP contribution in [0.3, 0.4) is 0 Å². The van der Waals surface area contributed by atoms with Gasteiger partial charge in [0, 0.05) is 31.1 Å². The minimum absolute atomic E-state index is 0.0655. The van der Waals surface area contributed by atoms with Gasteiger partial charge in [-0.2, -0.15) is 11.8 Å². The van der Waals surface area contributed by atoms with E-state index in [1.807, 2.05) is 11.8 Å². The summed E-state index contributed by atoms with van der Waals surface area (Å²) in [5.74, 6) is 2.66. The minimum Gasteiger partial charge on any atom is -0.473 e. The average Bonchev–Trinajstić information content (AvgIpc) is 3.00. The van der Waals surface area contributed by atoms with Crippen LogP contribution in [0.15, 0.2) is 18.3 Å². The highest BCUT2D eigenvalue weighted by atomic mass is 32.2. The molecule has 2 atom stereocenters. The van der Waals surface area contributed by atoms with Crippen LogP contribution in [0.25, 0.3) is 0 Å². The van der Waals surface area contributed by atoms with E-state index in [0.717, 1.165) is 30.8 Å². The first kappa shape index (κ1) is 14.7. The number of pyridine rings is 1. The van der Waals surface area contributed by atoms with Gasteiger partial charge in [0.15, 0.2) is 0 Å². The van der Waals surface area contributed by atoms with Gasteiger partial charge in [0.2, 0.25) is 5.88 Å². The zero-order valence-corrected chi connectivity index (χ0v) is 12.7. The Kier molecular flexibility index (Phi) is 4.65. The fraction of sp³-hybridized carbons (Fsp3) is 0.600. The van der Waals surface area contributed by atoms with Gasteiger partial charge in [-0.15, -0.1) is 0 Å². The number of thioether (sulfide) groups is 1. The van der Waals surface area contributed by atoms with E-state index in [1.165, 1.54) is 0 Å². The normalized spacial score (nSPS) is 25.9. The van der Waals surface area contributed by atoms with Crippen LogP contribution in [-0.4, -0.2) is 57.7 Å². The molecule has 5 nitrogen and oxygen atoms in total. The first-order valence-electron chi connectivity index (χ1n) is 7.40. The molecule has 2 aliphatic rings. The maximum Gasteiger partial charge on any atom is 0.255 e. The monoisotopic (exact) mass is 308 g/mol. The van der Waals surface area contributed by atoms with Crippen molar-refractivity contribution < 1.29 is 14.6 Å². The van der Waals surface area contributed by atoms with Crippen LogP contribution < -0.4 is 4.74 Å². The molecule has 1 aromatic heterocycles. The number of likely N-dealkylation sites (tertiary alicyclic amines) is 1. The van der Waals surface area contributed by atoms with Crippen molar-refractivity contribution in [1.82, 2.24) is 9.88 Å². The smallest absolute Gasteiger partial charge is 0.255 e. The van der Waals surface area contributed by atoms with E-state index in [-0.39, 0.29) is 12.0 Å². The highest BCUT2D eigenvalue weighted by Gasteiger charge is 2.23. The second-order valence-electron chi connectivity index (χ2n) is 5.54. The Bertz CT molecular complexity index is 488. The van der Waals surface area contributed by atoms with Gasteiger partial charge in [-0.05, 0) is 31.1 Å². The molecule has 0 spiro atoms. The Morgan fingerprint density at radius 2 is 2.33 bits per heavy atom. The number of aromatic nitrogens is 1. The molecule has 2 aliphatic heterocycles. The maximum absolute atomic E-state index is 12.3. The lowest BCUT2D eigenvalue weighted by atomic mass is 10.1. The molecule has 2 fully saturated rings.